The van der Waals surface area contributed by atoms with Gasteiger partial charge in [0.05, 0.1) is 11.1 Å². The molecule has 8 heteroatoms. The van der Waals surface area contributed by atoms with Crippen LogP contribution in [0.1, 0.15) is 52.0 Å². The lowest BCUT2D eigenvalue weighted by Crippen LogP contribution is -2.54. The monoisotopic (exact) mass is 396 g/mol. The smallest absolute Gasteiger partial charge is 0.262 e. The van der Waals surface area contributed by atoms with Crippen molar-refractivity contribution in [2.75, 3.05) is 20.1 Å². The second-order valence-corrected chi connectivity index (χ2v) is 8.66. The standard InChI is InChI=1S/C21H24N4O4/c1-22-15-10-24(11-21(15)7-8-21)9-12-3-2-4-13-17(12)20(29)25(19(13)28)14-5-6-16(26)23-18(14)27/h2-4,14-15,22H,5-11H2,1H3,(H,23,26,27). The third kappa shape index (κ3) is 2.81. The van der Waals surface area contributed by atoms with Gasteiger partial charge in [-0.25, -0.2) is 0 Å². The van der Waals surface area contributed by atoms with Crippen molar-refractivity contribution in [2.45, 2.75) is 44.3 Å². The second kappa shape index (κ2) is 6.47. The maximum atomic E-state index is 13.2. The van der Waals surface area contributed by atoms with Crippen molar-refractivity contribution in [1.29, 1.82) is 0 Å². The number of nitrogens with zero attached hydrogens (tertiary/aromatic N) is 2. The van der Waals surface area contributed by atoms with E-state index in [1.165, 1.54) is 12.8 Å². The Kier molecular flexibility index (Phi) is 4.11. The summed E-state index contributed by atoms with van der Waals surface area (Å²) in [5, 5.41) is 5.65. The van der Waals surface area contributed by atoms with Crippen molar-refractivity contribution in [3.63, 3.8) is 0 Å². The van der Waals surface area contributed by atoms with E-state index < -0.39 is 23.8 Å². The minimum atomic E-state index is -0.928. The minimum absolute atomic E-state index is 0.123. The second-order valence-electron chi connectivity index (χ2n) is 8.66. The van der Waals surface area contributed by atoms with E-state index in [9.17, 15) is 19.2 Å². The molecule has 4 amide bonds. The van der Waals surface area contributed by atoms with Crippen molar-refractivity contribution in [2.24, 2.45) is 5.41 Å². The lowest BCUT2D eigenvalue weighted by atomic mass is 10.0. The van der Waals surface area contributed by atoms with Gasteiger partial charge in [-0.15, -0.1) is 0 Å². The molecule has 152 valence electrons. The predicted molar refractivity (Wildman–Crippen MR) is 103 cm³/mol. The first-order valence-corrected chi connectivity index (χ1v) is 10.2. The van der Waals surface area contributed by atoms with Crippen LogP contribution in [-0.2, 0) is 16.1 Å². The van der Waals surface area contributed by atoms with E-state index >= 15 is 0 Å². The number of piperidine rings is 1. The third-order valence-electron chi connectivity index (χ3n) is 6.91. The van der Waals surface area contributed by atoms with Crippen LogP contribution in [0.5, 0.6) is 0 Å². The Morgan fingerprint density at radius 3 is 2.62 bits per heavy atom. The number of likely N-dealkylation sites (N-methyl/N-ethyl adjacent to an activating group) is 1. The molecule has 2 N–H and O–H groups in total. The molecular formula is C21H24N4O4. The Hall–Kier alpha value is -2.58. The summed E-state index contributed by atoms with van der Waals surface area (Å²) in [7, 11) is 1.99. The maximum absolute atomic E-state index is 13.2. The first-order chi connectivity index (χ1) is 13.9. The minimum Gasteiger partial charge on any atom is -0.315 e. The molecule has 1 aromatic carbocycles. The van der Waals surface area contributed by atoms with Gasteiger partial charge >= 0.3 is 0 Å². The number of benzene rings is 1. The number of carbonyl (C=O) groups is 4. The maximum Gasteiger partial charge on any atom is 0.262 e. The van der Waals surface area contributed by atoms with Crippen molar-refractivity contribution < 1.29 is 19.2 Å². The number of amides is 4. The molecule has 1 spiro atoms. The molecular weight excluding hydrogens is 372 g/mol. The van der Waals surface area contributed by atoms with Gasteiger partial charge in [-0.05, 0) is 43.4 Å². The van der Waals surface area contributed by atoms with E-state index in [0.717, 1.165) is 23.6 Å². The molecule has 2 saturated heterocycles. The highest BCUT2D eigenvalue weighted by Gasteiger charge is 2.54. The summed E-state index contributed by atoms with van der Waals surface area (Å²) in [6.45, 7) is 2.51. The van der Waals surface area contributed by atoms with Gasteiger partial charge in [-0.1, -0.05) is 12.1 Å². The van der Waals surface area contributed by atoms with Gasteiger partial charge in [-0.2, -0.15) is 0 Å². The highest BCUT2D eigenvalue weighted by molar-refractivity contribution is 6.24. The largest absolute Gasteiger partial charge is 0.315 e. The fourth-order valence-corrected chi connectivity index (χ4v) is 5.21. The van der Waals surface area contributed by atoms with E-state index in [0.29, 0.717) is 29.1 Å². The molecule has 0 aromatic heterocycles. The van der Waals surface area contributed by atoms with E-state index in [1.54, 1.807) is 12.1 Å². The van der Waals surface area contributed by atoms with E-state index in [2.05, 4.69) is 15.5 Å². The van der Waals surface area contributed by atoms with Gasteiger partial charge in [0, 0.05) is 32.1 Å². The Morgan fingerprint density at radius 2 is 1.97 bits per heavy atom. The normalized spacial score (nSPS) is 28.2. The van der Waals surface area contributed by atoms with Crippen molar-refractivity contribution in [3.05, 3.63) is 34.9 Å². The summed E-state index contributed by atoms with van der Waals surface area (Å²) in [5.41, 5.74) is 1.93. The summed E-state index contributed by atoms with van der Waals surface area (Å²) in [6.07, 6.45) is 2.74. The average Bonchev–Trinajstić information content (AvgIpc) is 3.31. The number of fused-ring (bicyclic) bond motifs is 1. The molecule has 0 bridgehead atoms. The highest BCUT2D eigenvalue weighted by Crippen LogP contribution is 2.53. The third-order valence-corrected chi connectivity index (χ3v) is 6.91. The molecule has 5 rings (SSSR count). The van der Waals surface area contributed by atoms with Crippen LogP contribution in [0.3, 0.4) is 0 Å². The molecule has 2 atom stereocenters. The number of carbonyl (C=O) groups excluding carboxylic acids is 4. The van der Waals surface area contributed by atoms with Crippen LogP contribution in [0.25, 0.3) is 0 Å². The molecule has 29 heavy (non-hydrogen) atoms. The fraction of sp³-hybridized carbons (Fsp3) is 0.524. The van der Waals surface area contributed by atoms with Crippen LogP contribution in [0.15, 0.2) is 18.2 Å². The molecule has 1 aliphatic carbocycles. The van der Waals surface area contributed by atoms with Crippen LogP contribution in [0.4, 0.5) is 0 Å². The molecule has 8 nitrogen and oxygen atoms in total. The van der Waals surface area contributed by atoms with E-state index in [4.69, 9.17) is 0 Å². The van der Waals surface area contributed by atoms with Crippen molar-refractivity contribution >= 4 is 23.6 Å². The summed E-state index contributed by atoms with van der Waals surface area (Å²) < 4.78 is 0. The Bertz CT molecular complexity index is 939. The Labute approximate surface area is 168 Å². The lowest BCUT2D eigenvalue weighted by molar-refractivity contribution is -0.136. The van der Waals surface area contributed by atoms with E-state index in [1.807, 2.05) is 13.1 Å². The van der Waals surface area contributed by atoms with Gasteiger partial charge < -0.3 is 5.32 Å². The van der Waals surface area contributed by atoms with Crippen LogP contribution < -0.4 is 10.6 Å². The molecule has 1 saturated carbocycles. The zero-order valence-electron chi connectivity index (χ0n) is 16.4. The molecule has 0 radical (unpaired) electrons. The molecule has 3 aliphatic heterocycles. The van der Waals surface area contributed by atoms with Crippen molar-refractivity contribution in [3.8, 4) is 0 Å². The number of hydrogen-bond acceptors (Lipinski definition) is 6. The SMILES string of the molecule is CNC1CN(Cc2cccc3c2C(=O)N(C2CCC(=O)NC2=O)C3=O)CC12CC2. The van der Waals surface area contributed by atoms with Gasteiger partial charge in [0.15, 0.2) is 0 Å². The van der Waals surface area contributed by atoms with Gasteiger partial charge in [0.1, 0.15) is 6.04 Å². The molecule has 1 aromatic rings. The number of rotatable bonds is 4. The highest BCUT2D eigenvalue weighted by atomic mass is 16.2. The Balaban J connectivity index is 1.41. The molecule has 4 aliphatic rings. The van der Waals surface area contributed by atoms with Crippen LogP contribution >= 0.6 is 0 Å². The number of hydrogen-bond donors (Lipinski definition) is 2. The van der Waals surface area contributed by atoms with Crippen LogP contribution in [-0.4, -0.2) is 65.6 Å². The van der Waals surface area contributed by atoms with Gasteiger partial charge in [0.2, 0.25) is 11.8 Å². The van der Waals surface area contributed by atoms with Crippen molar-refractivity contribution in [1.82, 2.24) is 20.4 Å². The lowest BCUT2D eigenvalue weighted by Gasteiger charge is -2.28. The summed E-state index contributed by atoms with van der Waals surface area (Å²) in [4.78, 5) is 53.2. The number of likely N-dealkylation sites (tertiary alicyclic amines) is 1. The topological polar surface area (TPSA) is 98.8 Å². The quantitative estimate of drug-likeness (QED) is 0.709. The molecule has 2 unspecified atom stereocenters. The zero-order valence-corrected chi connectivity index (χ0v) is 16.4. The molecule has 3 heterocycles. The van der Waals surface area contributed by atoms with Crippen LogP contribution in [0, 0.1) is 5.41 Å². The number of imide groups is 2. The van der Waals surface area contributed by atoms with Gasteiger partial charge in [-0.3, -0.25) is 34.3 Å². The van der Waals surface area contributed by atoms with E-state index in [-0.39, 0.29) is 18.7 Å². The summed E-state index contributed by atoms with van der Waals surface area (Å²) in [6, 6.07) is 4.86. The first-order valence-electron chi connectivity index (χ1n) is 10.2. The Morgan fingerprint density at radius 1 is 1.17 bits per heavy atom. The fourth-order valence-electron chi connectivity index (χ4n) is 5.21. The average molecular weight is 396 g/mol. The summed E-state index contributed by atoms with van der Waals surface area (Å²) in [5.74, 6) is -1.83. The van der Waals surface area contributed by atoms with Gasteiger partial charge in [0.25, 0.3) is 11.8 Å². The first kappa shape index (κ1) is 18.4. The number of nitrogens with one attached hydrogen (secondary N) is 2. The zero-order chi connectivity index (χ0) is 20.3. The molecule has 3 fully saturated rings. The van der Waals surface area contributed by atoms with Crippen LogP contribution in [0.2, 0.25) is 0 Å². The summed E-state index contributed by atoms with van der Waals surface area (Å²) >= 11 is 0. The predicted octanol–water partition coefficient (Wildman–Crippen LogP) is 0.272.